The topological polar surface area (TPSA) is 80.3 Å². The van der Waals surface area contributed by atoms with Gasteiger partial charge in [-0.3, -0.25) is 0 Å². The van der Waals surface area contributed by atoms with Crippen LogP contribution >= 0.6 is 0 Å². The van der Waals surface area contributed by atoms with E-state index >= 15 is 0 Å². The van der Waals surface area contributed by atoms with Crippen LogP contribution in [0.1, 0.15) is 26.7 Å². The molecule has 0 spiro atoms. The number of imidazole rings is 1. The average molecular weight is 248 g/mol. The van der Waals surface area contributed by atoms with Gasteiger partial charge in [-0.05, 0) is 18.8 Å². The van der Waals surface area contributed by atoms with Gasteiger partial charge in [0.25, 0.3) is 0 Å². The Hall–Kier alpha value is -1.82. The molecule has 0 aliphatic heterocycles. The van der Waals surface area contributed by atoms with Crippen LogP contribution in [0.4, 0.5) is 11.6 Å². The van der Waals surface area contributed by atoms with Gasteiger partial charge >= 0.3 is 0 Å². The van der Waals surface area contributed by atoms with Gasteiger partial charge in [0.15, 0.2) is 17.3 Å². The summed E-state index contributed by atoms with van der Waals surface area (Å²) in [5.74, 6) is 7.50. The first kappa shape index (κ1) is 12.6. The molecule has 0 radical (unpaired) electrons. The number of fused-ring (bicyclic) bond motifs is 1. The molecule has 2 heterocycles. The van der Waals surface area contributed by atoms with Gasteiger partial charge in [-0.1, -0.05) is 13.8 Å². The number of rotatable bonds is 6. The molecule has 18 heavy (non-hydrogen) atoms. The minimum atomic E-state index is 0.617. The van der Waals surface area contributed by atoms with Crippen molar-refractivity contribution in [3.63, 3.8) is 0 Å². The number of hydrogen-bond acceptors (Lipinski definition) is 5. The number of nitrogens with zero attached hydrogens (tertiary/aromatic N) is 3. The standard InChI is InChI=1S/C12H20N6/c1-9(2)4-3-5-14-11-12-15-6-7-18(12)8-10(16-11)17-13/h6-9,17H,3-5,13H2,1-2H3,(H,14,16). The van der Waals surface area contributed by atoms with Gasteiger partial charge in [0.05, 0.1) is 6.20 Å². The van der Waals surface area contributed by atoms with Gasteiger partial charge in [-0.2, -0.15) is 0 Å². The number of nitrogens with two attached hydrogens (primary N) is 1. The highest BCUT2D eigenvalue weighted by Crippen LogP contribution is 2.16. The van der Waals surface area contributed by atoms with Crippen LogP contribution in [0.15, 0.2) is 18.6 Å². The lowest BCUT2D eigenvalue weighted by Crippen LogP contribution is -2.12. The quantitative estimate of drug-likeness (QED) is 0.413. The van der Waals surface area contributed by atoms with E-state index in [-0.39, 0.29) is 0 Å². The van der Waals surface area contributed by atoms with Gasteiger partial charge in [0.1, 0.15) is 0 Å². The van der Waals surface area contributed by atoms with E-state index in [0.29, 0.717) is 5.82 Å². The molecule has 0 aliphatic rings. The molecule has 0 amide bonds. The summed E-state index contributed by atoms with van der Waals surface area (Å²) in [6, 6.07) is 0. The summed E-state index contributed by atoms with van der Waals surface area (Å²) in [4.78, 5) is 8.65. The van der Waals surface area contributed by atoms with Crippen LogP contribution in [0.5, 0.6) is 0 Å². The number of nitrogens with one attached hydrogen (secondary N) is 2. The minimum absolute atomic E-state index is 0.617. The largest absolute Gasteiger partial charge is 0.367 e. The Morgan fingerprint density at radius 2 is 2.28 bits per heavy atom. The van der Waals surface area contributed by atoms with Crippen LogP contribution < -0.4 is 16.6 Å². The Morgan fingerprint density at radius 1 is 1.44 bits per heavy atom. The normalized spacial score (nSPS) is 11.1. The van der Waals surface area contributed by atoms with E-state index in [0.717, 1.165) is 30.3 Å². The maximum absolute atomic E-state index is 5.40. The second-order valence-corrected chi connectivity index (χ2v) is 4.74. The van der Waals surface area contributed by atoms with E-state index < -0.39 is 0 Å². The third kappa shape index (κ3) is 2.89. The van der Waals surface area contributed by atoms with Crippen molar-refractivity contribution in [1.82, 2.24) is 14.4 Å². The highest BCUT2D eigenvalue weighted by Gasteiger charge is 2.06. The molecule has 0 saturated heterocycles. The second kappa shape index (κ2) is 5.68. The van der Waals surface area contributed by atoms with Crippen LogP contribution in [-0.4, -0.2) is 20.9 Å². The van der Waals surface area contributed by atoms with Crippen molar-refractivity contribution in [2.75, 3.05) is 17.3 Å². The number of nitrogen functional groups attached to an aromatic ring is 1. The van der Waals surface area contributed by atoms with Crippen LogP contribution in [-0.2, 0) is 0 Å². The molecule has 0 atom stereocenters. The van der Waals surface area contributed by atoms with E-state index in [4.69, 9.17) is 5.84 Å². The molecule has 6 heteroatoms. The Labute approximate surface area is 107 Å². The molecule has 0 aliphatic carbocycles. The lowest BCUT2D eigenvalue weighted by molar-refractivity contribution is 0.567. The Bertz CT molecular complexity index is 504. The fourth-order valence-corrected chi connectivity index (χ4v) is 1.84. The van der Waals surface area contributed by atoms with Gasteiger partial charge in [-0.25, -0.2) is 15.8 Å². The molecule has 98 valence electrons. The van der Waals surface area contributed by atoms with Gasteiger partial charge in [-0.15, -0.1) is 0 Å². The van der Waals surface area contributed by atoms with E-state index in [9.17, 15) is 0 Å². The highest BCUT2D eigenvalue weighted by molar-refractivity contribution is 5.65. The molecule has 0 unspecified atom stereocenters. The summed E-state index contributed by atoms with van der Waals surface area (Å²) < 4.78 is 1.90. The fraction of sp³-hybridized carbons (Fsp3) is 0.500. The summed E-state index contributed by atoms with van der Waals surface area (Å²) in [5, 5.41) is 3.31. The number of anilines is 2. The van der Waals surface area contributed by atoms with E-state index in [1.54, 1.807) is 6.20 Å². The van der Waals surface area contributed by atoms with E-state index in [2.05, 4.69) is 34.6 Å². The van der Waals surface area contributed by atoms with Crippen molar-refractivity contribution < 1.29 is 0 Å². The van der Waals surface area contributed by atoms with Crippen molar-refractivity contribution in [2.24, 2.45) is 11.8 Å². The van der Waals surface area contributed by atoms with Crippen molar-refractivity contribution in [3.8, 4) is 0 Å². The predicted octanol–water partition coefficient (Wildman–Crippen LogP) is 1.86. The van der Waals surface area contributed by atoms with Crippen molar-refractivity contribution in [3.05, 3.63) is 18.6 Å². The summed E-state index contributed by atoms with van der Waals surface area (Å²) >= 11 is 0. The molecule has 0 aromatic carbocycles. The Morgan fingerprint density at radius 3 is 3.00 bits per heavy atom. The van der Waals surface area contributed by atoms with Crippen molar-refractivity contribution >= 4 is 17.3 Å². The lowest BCUT2D eigenvalue weighted by Gasteiger charge is -2.10. The van der Waals surface area contributed by atoms with E-state index in [1.165, 1.54) is 6.42 Å². The smallest absolute Gasteiger partial charge is 0.180 e. The Kier molecular flexibility index (Phi) is 3.99. The molecule has 0 bridgehead atoms. The van der Waals surface area contributed by atoms with Crippen LogP contribution in [0.25, 0.3) is 5.65 Å². The highest BCUT2D eigenvalue weighted by atomic mass is 15.3. The third-order valence-electron chi connectivity index (χ3n) is 2.77. The first-order valence-electron chi connectivity index (χ1n) is 6.25. The van der Waals surface area contributed by atoms with Gasteiger partial charge in [0.2, 0.25) is 0 Å². The lowest BCUT2D eigenvalue weighted by atomic mass is 10.1. The van der Waals surface area contributed by atoms with Crippen LogP contribution in [0.3, 0.4) is 0 Å². The minimum Gasteiger partial charge on any atom is -0.367 e. The summed E-state index contributed by atoms with van der Waals surface area (Å²) in [7, 11) is 0. The molecule has 0 saturated carbocycles. The van der Waals surface area contributed by atoms with E-state index in [1.807, 2.05) is 16.8 Å². The zero-order valence-electron chi connectivity index (χ0n) is 10.8. The SMILES string of the molecule is CC(C)CCCNc1nc(NN)cn2ccnc12. The zero-order chi connectivity index (χ0) is 13.0. The maximum atomic E-state index is 5.40. The second-order valence-electron chi connectivity index (χ2n) is 4.74. The molecule has 2 aromatic rings. The molecule has 2 aromatic heterocycles. The van der Waals surface area contributed by atoms with Gasteiger partial charge < -0.3 is 15.1 Å². The Balaban J connectivity index is 2.08. The molecule has 0 fully saturated rings. The first-order chi connectivity index (χ1) is 8.70. The first-order valence-corrected chi connectivity index (χ1v) is 6.25. The third-order valence-corrected chi connectivity index (χ3v) is 2.77. The fourth-order valence-electron chi connectivity index (χ4n) is 1.84. The molecule has 2 rings (SSSR count). The van der Waals surface area contributed by atoms with Gasteiger partial charge in [0, 0.05) is 18.9 Å². The average Bonchev–Trinajstić information content (AvgIpc) is 2.82. The monoisotopic (exact) mass is 248 g/mol. The molecular weight excluding hydrogens is 228 g/mol. The number of aromatic nitrogens is 3. The van der Waals surface area contributed by atoms with Crippen molar-refractivity contribution in [1.29, 1.82) is 0 Å². The molecular formula is C12H20N6. The maximum Gasteiger partial charge on any atom is 0.180 e. The zero-order valence-corrected chi connectivity index (χ0v) is 10.8. The number of hydrazine groups is 1. The van der Waals surface area contributed by atoms with Crippen molar-refractivity contribution in [2.45, 2.75) is 26.7 Å². The summed E-state index contributed by atoms with van der Waals surface area (Å²) in [5.41, 5.74) is 3.38. The van der Waals surface area contributed by atoms with Crippen LogP contribution in [0, 0.1) is 5.92 Å². The number of hydrogen-bond donors (Lipinski definition) is 3. The molecule has 4 N–H and O–H groups in total. The summed E-state index contributed by atoms with van der Waals surface area (Å²) in [6.07, 6.45) is 7.74. The van der Waals surface area contributed by atoms with Crippen LogP contribution in [0.2, 0.25) is 0 Å². The summed E-state index contributed by atoms with van der Waals surface area (Å²) in [6.45, 7) is 5.34. The molecule has 6 nitrogen and oxygen atoms in total. The predicted molar refractivity (Wildman–Crippen MR) is 73.4 cm³/mol.